The number of pyridine rings is 2. The number of nitrogens with zero attached hydrogens (tertiary/aromatic N) is 6. The lowest BCUT2D eigenvalue weighted by atomic mass is 9.94. The Balaban J connectivity index is 1.56. The Labute approximate surface area is 218 Å². The lowest BCUT2D eigenvalue weighted by Gasteiger charge is -2.35. The SMILES string of the molecule is Cc1cc2cc(CN(Cc3cccnc3)C(c3nnnn3C3CCCCC3)C(C)C)c(=O)[nH]c2cc1C. The highest BCUT2D eigenvalue weighted by Crippen LogP contribution is 2.34. The van der Waals surface area contributed by atoms with E-state index in [4.69, 9.17) is 0 Å². The van der Waals surface area contributed by atoms with E-state index in [2.05, 4.69) is 81.0 Å². The number of hydrogen-bond acceptors (Lipinski definition) is 6. The van der Waals surface area contributed by atoms with Crippen LogP contribution in [0.15, 0.2) is 47.5 Å². The van der Waals surface area contributed by atoms with Crippen LogP contribution in [0, 0.1) is 19.8 Å². The van der Waals surface area contributed by atoms with Crippen molar-refractivity contribution in [2.24, 2.45) is 5.92 Å². The molecular weight excluding hydrogens is 462 g/mol. The first-order valence-electron chi connectivity index (χ1n) is 13.4. The number of aryl methyl sites for hydroxylation is 2. The number of fused-ring (bicyclic) bond motifs is 1. The molecule has 0 aliphatic heterocycles. The molecule has 8 heteroatoms. The summed E-state index contributed by atoms with van der Waals surface area (Å²) in [5, 5.41) is 14.2. The quantitative estimate of drug-likeness (QED) is 0.347. The van der Waals surface area contributed by atoms with E-state index in [9.17, 15) is 4.79 Å². The van der Waals surface area contributed by atoms with Gasteiger partial charge in [-0.15, -0.1) is 5.10 Å². The van der Waals surface area contributed by atoms with Gasteiger partial charge in [0.05, 0.1) is 12.1 Å². The summed E-state index contributed by atoms with van der Waals surface area (Å²) in [7, 11) is 0. The minimum atomic E-state index is -0.0630. The highest BCUT2D eigenvalue weighted by Gasteiger charge is 2.32. The molecule has 0 saturated heterocycles. The van der Waals surface area contributed by atoms with Crippen molar-refractivity contribution in [2.75, 3.05) is 0 Å². The molecule has 1 unspecified atom stereocenters. The predicted octanol–water partition coefficient (Wildman–Crippen LogP) is 5.43. The lowest BCUT2D eigenvalue weighted by molar-refractivity contribution is 0.121. The summed E-state index contributed by atoms with van der Waals surface area (Å²) in [5.41, 5.74) is 5.03. The van der Waals surface area contributed by atoms with E-state index in [1.807, 2.05) is 18.3 Å². The third-order valence-electron chi connectivity index (χ3n) is 7.75. The first-order chi connectivity index (χ1) is 17.9. The summed E-state index contributed by atoms with van der Waals surface area (Å²) in [6.45, 7) is 9.70. The summed E-state index contributed by atoms with van der Waals surface area (Å²) in [5.74, 6) is 1.11. The third-order valence-corrected chi connectivity index (χ3v) is 7.75. The van der Waals surface area contributed by atoms with E-state index in [-0.39, 0.29) is 17.5 Å². The van der Waals surface area contributed by atoms with Crippen LogP contribution >= 0.6 is 0 Å². The maximum atomic E-state index is 13.3. The molecule has 1 fully saturated rings. The van der Waals surface area contributed by atoms with Gasteiger partial charge in [0.25, 0.3) is 5.56 Å². The second-order valence-corrected chi connectivity index (χ2v) is 10.9. The van der Waals surface area contributed by atoms with Crippen molar-refractivity contribution in [1.29, 1.82) is 0 Å². The number of aromatic amines is 1. The van der Waals surface area contributed by atoms with Gasteiger partial charge in [0.15, 0.2) is 5.82 Å². The van der Waals surface area contributed by atoms with Crippen molar-refractivity contribution in [3.05, 3.63) is 81.2 Å². The van der Waals surface area contributed by atoms with Gasteiger partial charge in [-0.2, -0.15) is 0 Å². The van der Waals surface area contributed by atoms with Crippen LogP contribution in [0.3, 0.4) is 0 Å². The van der Waals surface area contributed by atoms with Gasteiger partial charge in [-0.3, -0.25) is 14.7 Å². The van der Waals surface area contributed by atoms with Gasteiger partial charge in [0, 0.05) is 36.6 Å². The van der Waals surface area contributed by atoms with Crippen LogP contribution in [0.5, 0.6) is 0 Å². The first-order valence-corrected chi connectivity index (χ1v) is 13.4. The fourth-order valence-electron chi connectivity index (χ4n) is 5.70. The molecule has 8 nitrogen and oxygen atoms in total. The number of hydrogen-bond donors (Lipinski definition) is 1. The van der Waals surface area contributed by atoms with E-state index >= 15 is 0 Å². The fraction of sp³-hybridized carbons (Fsp3) is 0.483. The van der Waals surface area contributed by atoms with Crippen LogP contribution < -0.4 is 5.56 Å². The summed E-state index contributed by atoms with van der Waals surface area (Å²) in [6.07, 6.45) is 9.59. The molecule has 1 aliphatic carbocycles. The first kappa shape index (κ1) is 25.3. The Morgan fingerprint density at radius 2 is 1.86 bits per heavy atom. The largest absolute Gasteiger partial charge is 0.322 e. The molecule has 1 aromatic carbocycles. The van der Waals surface area contributed by atoms with Crippen molar-refractivity contribution >= 4 is 10.9 Å². The van der Waals surface area contributed by atoms with Gasteiger partial charge in [-0.05, 0) is 89.4 Å². The summed E-state index contributed by atoms with van der Waals surface area (Å²) in [6, 6.07) is 10.6. The normalized spacial score (nSPS) is 15.6. The number of benzene rings is 1. The Kier molecular flexibility index (Phi) is 7.46. The maximum Gasteiger partial charge on any atom is 0.252 e. The number of nitrogens with one attached hydrogen (secondary N) is 1. The molecule has 0 radical (unpaired) electrons. The molecule has 194 valence electrons. The molecule has 3 heterocycles. The van der Waals surface area contributed by atoms with Crippen molar-refractivity contribution in [2.45, 2.75) is 85.0 Å². The Morgan fingerprint density at radius 1 is 1.08 bits per heavy atom. The topological polar surface area (TPSA) is 92.6 Å². The highest BCUT2D eigenvalue weighted by molar-refractivity contribution is 5.80. The summed E-state index contributed by atoms with van der Waals surface area (Å²) in [4.78, 5) is 23.1. The Hall–Kier alpha value is -3.39. The standard InChI is InChI=1S/C29H37N7O/c1-19(2)27(28-32-33-34-36(28)25-10-6-5-7-11-25)35(17-22-9-8-12-30-16-22)18-24-15-23-13-20(3)21(4)14-26(23)31-29(24)37/h8-9,12-16,19,25,27H,5-7,10-11,17-18H2,1-4H3,(H,31,37). The minimum Gasteiger partial charge on any atom is -0.322 e. The number of aromatic nitrogens is 6. The zero-order valence-corrected chi connectivity index (χ0v) is 22.3. The second kappa shape index (κ2) is 10.9. The zero-order valence-electron chi connectivity index (χ0n) is 22.3. The van der Waals surface area contributed by atoms with Crippen LogP contribution in [-0.4, -0.2) is 35.1 Å². The molecule has 37 heavy (non-hydrogen) atoms. The van der Waals surface area contributed by atoms with Crippen molar-refractivity contribution in [3.63, 3.8) is 0 Å². The smallest absolute Gasteiger partial charge is 0.252 e. The van der Waals surface area contributed by atoms with Gasteiger partial charge in [-0.1, -0.05) is 39.2 Å². The average Bonchev–Trinajstić information content (AvgIpc) is 3.36. The van der Waals surface area contributed by atoms with Gasteiger partial charge in [-0.25, -0.2) is 4.68 Å². The zero-order chi connectivity index (χ0) is 25.9. The molecular formula is C29H37N7O. The predicted molar refractivity (Wildman–Crippen MR) is 145 cm³/mol. The average molecular weight is 500 g/mol. The van der Waals surface area contributed by atoms with E-state index < -0.39 is 0 Å². The van der Waals surface area contributed by atoms with Gasteiger partial charge >= 0.3 is 0 Å². The molecule has 1 aliphatic rings. The molecule has 4 aromatic rings. The molecule has 0 amide bonds. The van der Waals surface area contributed by atoms with E-state index in [0.717, 1.165) is 40.7 Å². The molecule has 1 atom stereocenters. The maximum absolute atomic E-state index is 13.3. The second-order valence-electron chi connectivity index (χ2n) is 10.9. The molecule has 5 rings (SSSR count). The Morgan fingerprint density at radius 3 is 2.59 bits per heavy atom. The number of H-pyrrole nitrogens is 1. The van der Waals surface area contributed by atoms with Crippen LogP contribution in [0.1, 0.15) is 86.1 Å². The lowest BCUT2D eigenvalue weighted by Crippen LogP contribution is -2.36. The van der Waals surface area contributed by atoms with Crippen LogP contribution in [0.4, 0.5) is 0 Å². The Bertz CT molecular complexity index is 1400. The molecule has 1 N–H and O–H groups in total. The van der Waals surface area contributed by atoms with E-state index in [1.54, 1.807) is 6.20 Å². The van der Waals surface area contributed by atoms with E-state index in [1.165, 1.54) is 30.4 Å². The molecule has 0 bridgehead atoms. The van der Waals surface area contributed by atoms with Gasteiger partial charge in [0.2, 0.25) is 0 Å². The van der Waals surface area contributed by atoms with Crippen molar-refractivity contribution < 1.29 is 0 Å². The van der Waals surface area contributed by atoms with E-state index in [0.29, 0.717) is 19.1 Å². The minimum absolute atomic E-state index is 0.0543. The monoisotopic (exact) mass is 499 g/mol. The third kappa shape index (κ3) is 5.49. The molecule has 0 spiro atoms. The number of rotatable bonds is 8. The highest BCUT2D eigenvalue weighted by atomic mass is 16.1. The van der Waals surface area contributed by atoms with Crippen molar-refractivity contribution in [1.82, 2.24) is 35.1 Å². The summed E-state index contributed by atoms with van der Waals surface area (Å²) < 4.78 is 2.07. The van der Waals surface area contributed by atoms with Gasteiger partial charge in [0.1, 0.15) is 0 Å². The molecule has 1 saturated carbocycles. The number of tetrazole rings is 1. The van der Waals surface area contributed by atoms with Crippen LogP contribution in [0.2, 0.25) is 0 Å². The van der Waals surface area contributed by atoms with Gasteiger partial charge < -0.3 is 4.98 Å². The van der Waals surface area contributed by atoms with Crippen LogP contribution in [-0.2, 0) is 13.1 Å². The van der Waals surface area contributed by atoms with Crippen molar-refractivity contribution in [3.8, 4) is 0 Å². The fourth-order valence-corrected chi connectivity index (χ4v) is 5.70. The molecule has 3 aromatic heterocycles. The summed E-state index contributed by atoms with van der Waals surface area (Å²) >= 11 is 0. The van der Waals surface area contributed by atoms with Crippen LogP contribution in [0.25, 0.3) is 10.9 Å².